The molecule has 0 bridgehead atoms. The fourth-order valence-electron chi connectivity index (χ4n) is 3.79. The molecule has 9 heteroatoms. The number of carbonyl (C=O) groups excluding carboxylic acids is 1. The Labute approximate surface area is 196 Å². The molecule has 1 saturated heterocycles. The van der Waals surface area contributed by atoms with Crippen molar-refractivity contribution in [3.8, 4) is 16.9 Å². The molecule has 7 nitrogen and oxygen atoms in total. The zero-order chi connectivity index (χ0) is 22.8. The van der Waals surface area contributed by atoms with Crippen molar-refractivity contribution in [3.63, 3.8) is 0 Å². The third kappa shape index (κ3) is 4.37. The monoisotopic (exact) mass is 471 g/mol. The summed E-state index contributed by atoms with van der Waals surface area (Å²) < 4.78 is 5.39. The summed E-state index contributed by atoms with van der Waals surface area (Å²) in [5.74, 6) is 0.857. The molecule has 32 heavy (non-hydrogen) atoms. The van der Waals surface area contributed by atoms with Crippen LogP contribution in [0.25, 0.3) is 22.0 Å². The number of carbonyl (C=O) groups is 1. The SMILES string of the molecule is C=CC(=O)NC1CNCC1Nc1ncc2cc(-c3c(Cl)c(C)cc(OC)c3Cl)ccc2n1. The van der Waals surface area contributed by atoms with Gasteiger partial charge in [0.05, 0.1) is 34.8 Å². The minimum absolute atomic E-state index is 0.0343. The van der Waals surface area contributed by atoms with Crippen molar-refractivity contribution in [2.24, 2.45) is 0 Å². The number of halogens is 2. The number of nitrogens with zero attached hydrogens (tertiary/aromatic N) is 2. The van der Waals surface area contributed by atoms with Crippen LogP contribution in [0.1, 0.15) is 5.56 Å². The summed E-state index contributed by atoms with van der Waals surface area (Å²) >= 11 is 13.1. The highest BCUT2D eigenvalue weighted by molar-refractivity contribution is 6.40. The van der Waals surface area contributed by atoms with Gasteiger partial charge in [0.1, 0.15) is 5.75 Å². The predicted octanol–water partition coefficient (Wildman–Crippen LogP) is 3.98. The van der Waals surface area contributed by atoms with Crippen molar-refractivity contribution in [1.82, 2.24) is 20.6 Å². The average molecular weight is 472 g/mol. The van der Waals surface area contributed by atoms with Gasteiger partial charge in [-0.1, -0.05) is 35.8 Å². The summed E-state index contributed by atoms with van der Waals surface area (Å²) in [4.78, 5) is 20.7. The zero-order valence-corrected chi connectivity index (χ0v) is 19.2. The molecule has 1 aliphatic rings. The Morgan fingerprint density at radius 3 is 2.78 bits per heavy atom. The first kappa shape index (κ1) is 22.3. The standard InChI is InChI=1S/C23H23Cl2N5O2/c1-4-19(31)28-16-10-26-11-17(16)30-23-27-9-14-8-13(5-6-15(14)29-23)20-21(24)12(2)7-18(32-3)22(20)25/h4-9,16-17,26H,1,10-11H2,2-3H3,(H,28,31)(H,27,29,30). The molecule has 2 heterocycles. The molecular formula is C23H23Cl2N5O2. The number of aryl methyl sites for hydroxylation is 1. The lowest BCUT2D eigenvalue weighted by Crippen LogP contribution is -2.45. The van der Waals surface area contributed by atoms with E-state index in [4.69, 9.17) is 27.9 Å². The van der Waals surface area contributed by atoms with E-state index < -0.39 is 0 Å². The first-order valence-electron chi connectivity index (χ1n) is 10.1. The lowest BCUT2D eigenvalue weighted by Gasteiger charge is -2.20. The smallest absolute Gasteiger partial charge is 0.243 e. The molecule has 2 aromatic carbocycles. The van der Waals surface area contributed by atoms with Gasteiger partial charge in [0, 0.05) is 30.2 Å². The molecule has 2 atom stereocenters. The van der Waals surface area contributed by atoms with E-state index >= 15 is 0 Å². The molecule has 0 radical (unpaired) electrons. The van der Waals surface area contributed by atoms with Gasteiger partial charge in [-0.15, -0.1) is 0 Å². The summed E-state index contributed by atoms with van der Waals surface area (Å²) in [6.45, 7) is 6.76. The van der Waals surface area contributed by atoms with Gasteiger partial charge < -0.3 is 20.7 Å². The lowest BCUT2D eigenvalue weighted by atomic mass is 10.0. The van der Waals surface area contributed by atoms with Crippen molar-refractivity contribution in [3.05, 3.63) is 58.7 Å². The first-order valence-corrected chi connectivity index (χ1v) is 10.9. The highest BCUT2D eigenvalue weighted by Gasteiger charge is 2.28. The minimum atomic E-state index is -0.206. The highest BCUT2D eigenvalue weighted by Crippen LogP contribution is 2.43. The molecule has 166 valence electrons. The summed E-state index contributed by atoms with van der Waals surface area (Å²) in [6.07, 6.45) is 3.02. The van der Waals surface area contributed by atoms with Crippen LogP contribution in [0.4, 0.5) is 5.95 Å². The number of amides is 1. The average Bonchev–Trinajstić information content (AvgIpc) is 3.22. The third-order valence-corrected chi connectivity index (χ3v) is 6.34. The summed E-state index contributed by atoms with van der Waals surface area (Å²) in [5, 5.41) is 11.4. The maximum atomic E-state index is 11.7. The van der Waals surface area contributed by atoms with Crippen LogP contribution in [-0.2, 0) is 4.79 Å². The van der Waals surface area contributed by atoms with E-state index in [0.29, 0.717) is 40.4 Å². The molecule has 4 rings (SSSR count). The van der Waals surface area contributed by atoms with Crippen LogP contribution in [0.15, 0.2) is 43.1 Å². The quantitative estimate of drug-likeness (QED) is 0.471. The zero-order valence-electron chi connectivity index (χ0n) is 17.7. The van der Waals surface area contributed by atoms with Crippen LogP contribution in [0.5, 0.6) is 5.75 Å². The topological polar surface area (TPSA) is 88.2 Å². The number of anilines is 1. The van der Waals surface area contributed by atoms with Crippen molar-refractivity contribution in [2.45, 2.75) is 19.0 Å². The number of ether oxygens (including phenoxy) is 1. The van der Waals surface area contributed by atoms with Gasteiger partial charge >= 0.3 is 0 Å². The fourth-order valence-corrected chi connectivity index (χ4v) is 4.43. The molecule has 0 spiro atoms. The van der Waals surface area contributed by atoms with Gasteiger partial charge in [-0.05, 0) is 42.3 Å². The van der Waals surface area contributed by atoms with Crippen molar-refractivity contribution < 1.29 is 9.53 Å². The van der Waals surface area contributed by atoms with Crippen LogP contribution >= 0.6 is 23.2 Å². The van der Waals surface area contributed by atoms with Crippen LogP contribution in [0, 0.1) is 6.92 Å². The second-order valence-corrected chi connectivity index (χ2v) is 8.35. The Balaban J connectivity index is 1.62. The number of fused-ring (bicyclic) bond motifs is 1. The van der Waals surface area contributed by atoms with E-state index in [-0.39, 0.29) is 18.0 Å². The molecular weight excluding hydrogens is 449 g/mol. The normalized spacial score (nSPS) is 17.9. The van der Waals surface area contributed by atoms with Crippen LogP contribution in [0.3, 0.4) is 0 Å². The van der Waals surface area contributed by atoms with Crippen molar-refractivity contribution >= 4 is 46.0 Å². The van der Waals surface area contributed by atoms with Crippen molar-refractivity contribution in [2.75, 3.05) is 25.5 Å². The largest absolute Gasteiger partial charge is 0.495 e. The Kier molecular flexibility index (Phi) is 6.50. The van der Waals surface area contributed by atoms with Crippen molar-refractivity contribution in [1.29, 1.82) is 0 Å². The number of methoxy groups -OCH3 is 1. The second-order valence-electron chi connectivity index (χ2n) is 7.59. The number of nitrogens with one attached hydrogen (secondary N) is 3. The van der Waals surface area contributed by atoms with E-state index in [1.165, 1.54) is 6.08 Å². The van der Waals surface area contributed by atoms with E-state index in [9.17, 15) is 4.79 Å². The maximum absolute atomic E-state index is 11.7. The van der Waals surface area contributed by atoms with Crippen LogP contribution < -0.4 is 20.7 Å². The lowest BCUT2D eigenvalue weighted by molar-refractivity contribution is -0.117. The molecule has 1 fully saturated rings. The summed E-state index contributed by atoms with van der Waals surface area (Å²) in [7, 11) is 1.58. The van der Waals surface area contributed by atoms with Crippen LogP contribution in [-0.4, -0.2) is 48.2 Å². The van der Waals surface area contributed by atoms with Gasteiger partial charge in [-0.3, -0.25) is 4.79 Å². The molecule has 3 aromatic rings. The van der Waals surface area contributed by atoms with E-state index in [1.807, 2.05) is 31.2 Å². The van der Waals surface area contributed by atoms with Gasteiger partial charge in [0.15, 0.2) is 0 Å². The van der Waals surface area contributed by atoms with Crippen LogP contribution in [0.2, 0.25) is 10.0 Å². The Morgan fingerprint density at radius 2 is 2.03 bits per heavy atom. The maximum Gasteiger partial charge on any atom is 0.243 e. The van der Waals surface area contributed by atoms with Gasteiger partial charge in [0.2, 0.25) is 11.9 Å². The molecule has 0 saturated carbocycles. The van der Waals surface area contributed by atoms with E-state index in [0.717, 1.165) is 22.0 Å². The van der Waals surface area contributed by atoms with Gasteiger partial charge in [0.25, 0.3) is 0 Å². The Morgan fingerprint density at radius 1 is 1.25 bits per heavy atom. The Hall–Kier alpha value is -2.87. The fraction of sp³-hybridized carbons (Fsp3) is 0.261. The molecule has 2 unspecified atom stereocenters. The number of hydrogen-bond acceptors (Lipinski definition) is 6. The summed E-state index contributed by atoms with van der Waals surface area (Å²) in [6, 6.07) is 7.49. The predicted molar refractivity (Wildman–Crippen MR) is 129 cm³/mol. The number of rotatable bonds is 6. The second kappa shape index (κ2) is 9.32. The third-order valence-electron chi connectivity index (χ3n) is 5.48. The number of benzene rings is 2. The minimum Gasteiger partial charge on any atom is -0.495 e. The summed E-state index contributed by atoms with van der Waals surface area (Å²) in [5.41, 5.74) is 3.22. The molecule has 1 amide bonds. The van der Waals surface area contributed by atoms with E-state index in [1.54, 1.807) is 13.3 Å². The molecule has 1 aromatic heterocycles. The number of hydrogen-bond donors (Lipinski definition) is 3. The Bertz CT molecular complexity index is 1200. The molecule has 0 aliphatic carbocycles. The van der Waals surface area contributed by atoms with Gasteiger partial charge in [-0.2, -0.15) is 0 Å². The molecule has 3 N–H and O–H groups in total. The molecule has 1 aliphatic heterocycles. The van der Waals surface area contributed by atoms with E-state index in [2.05, 4.69) is 32.5 Å². The first-order chi connectivity index (χ1) is 15.4. The van der Waals surface area contributed by atoms with Gasteiger partial charge in [-0.25, -0.2) is 9.97 Å². The highest BCUT2D eigenvalue weighted by atomic mass is 35.5. The number of aromatic nitrogens is 2.